The van der Waals surface area contributed by atoms with Crippen molar-refractivity contribution in [1.82, 2.24) is 19.8 Å². The summed E-state index contributed by atoms with van der Waals surface area (Å²) in [6.07, 6.45) is 0. The summed E-state index contributed by atoms with van der Waals surface area (Å²) in [5, 5.41) is 0. The number of aryl methyl sites for hydroxylation is 1. The highest BCUT2D eigenvalue weighted by Crippen LogP contribution is 2.29. The van der Waals surface area contributed by atoms with Gasteiger partial charge < -0.3 is 4.74 Å². The van der Waals surface area contributed by atoms with E-state index in [2.05, 4.69) is 92.6 Å². The molecule has 5 rings (SSSR count). The molecule has 1 aromatic heterocycles. The summed E-state index contributed by atoms with van der Waals surface area (Å²) in [4.78, 5) is 14.1. The number of hydrogen-bond donors (Lipinski definition) is 0. The van der Waals surface area contributed by atoms with Crippen LogP contribution < -0.4 is 4.74 Å². The summed E-state index contributed by atoms with van der Waals surface area (Å²) in [6, 6.07) is 34.1. The Morgan fingerprint density at radius 1 is 0.743 bits per heavy atom. The molecule has 0 spiro atoms. The van der Waals surface area contributed by atoms with Gasteiger partial charge in [-0.05, 0) is 18.1 Å². The molecule has 1 fully saturated rings. The first-order chi connectivity index (χ1) is 17.3. The molecule has 5 heteroatoms. The molecule has 0 amide bonds. The summed E-state index contributed by atoms with van der Waals surface area (Å²) < 4.78 is 6.06. The monoisotopic (exact) mass is 464 g/mol. The Labute approximate surface area is 208 Å². The van der Waals surface area contributed by atoms with Crippen LogP contribution in [0.4, 0.5) is 0 Å². The number of hydrogen-bond acceptors (Lipinski definition) is 5. The van der Waals surface area contributed by atoms with E-state index in [1.54, 1.807) is 0 Å². The SMILES string of the molecule is Cc1nc(OCCN2CCN(C(c3ccccc3)c3ccccc3)CC2)cc(-c2ccccc2)n1. The van der Waals surface area contributed by atoms with Gasteiger partial charge in [-0.2, -0.15) is 4.98 Å². The quantitative estimate of drug-likeness (QED) is 0.357. The molecule has 1 aliphatic rings. The van der Waals surface area contributed by atoms with Gasteiger partial charge >= 0.3 is 0 Å². The van der Waals surface area contributed by atoms with Gasteiger partial charge in [-0.15, -0.1) is 0 Å². The van der Waals surface area contributed by atoms with E-state index in [4.69, 9.17) is 4.74 Å². The summed E-state index contributed by atoms with van der Waals surface area (Å²) in [5.74, 6) is 1.37. The highest BCUT2D eigenvalue weighted by atomic mass is 16.5. The molecule has 0 atom stereocenters. The van der Waals surface area contributed by atoms with Crippen LogP contribution in [-0.2, 0) is 0 Å². The van der Waals surface area contributed by atoms with Crippen LogP contribution in [0.2, 0.25) is 0 Å². The first-order valence-corrected chi connectivity index (χ1v) is 12.4. The van der Waals surface area contributed by atoms with Gasteiger partial charge in [0.1, 0.15) is 12.4 Å². The molecule has 4 aromatic rings. The van der Waals surface area contributed by atoms with Crippen LogP contribution in [0.3, 0.4) is 0 Å². The molecule has 0 bridgehead atoms. The third kappa shape index (κ3) is 5.94. The molecule has 1 saturated heterocycles. The maximum absolute atomic E-state index is 6.06. The lowest BCUT2D eigenvalue weighted by Gasteiger charge is -2.39. The zero-order valence-corrected chi connectivity index (χ0v) is 20.3. The zero-order valence-electron chi connectivity index (χ0n) is 20.3. The Balaban J connectivity index is 1.17. The fourth-order valence-corrected chi connectivity index (χ4v) is 4.78. The third-order valence-electron chi connectivity index (χ3n) is 6.54. The third-order valence-corrected chi connectivity index (χ3v) is 6.54. The average Bonchev–Trinajstić information content (AvgIpc) is 2.91. The smallest absolute Gasteiger partial charge is 0.217 e. The van der Waals surface area contributed by atoms with Gasteiger partial charge in [-0.3, -0.25) is 9.80 Å². The van der Waals surface area contributed by atoms with Gasteiger partial charge in [0, 0.05) is 44.4 Å². The van der Waals surface area contributed by atoms with Gasteiger partial charge in [0.2, 0.25) is 5.88 Å². The van der Waals surface area contributed by atoms with Crippen LogP contribution in [0.15, 0.2) is 97.1 Å². The maximum Gasteiger partial charge on any atom is 0.217 e. The average molecular weight is 465 g/mol. The van der Waals surface area contributed by atoms with Crippen LogP contribution in [0.5, 0.6) is 5.88 Å². The lowest BCUT2D eigenvalue weighted by molar-refractivity contribution is 0.0970. The second-order valence-corrected chi connectivity index (χ2v) is 8.95. The predicted molar refractivity (Wildman–Crippen MR) is 140 cm³/mol. The fourth-order valence-electron chi connectivity index (χ4n) is 4.78. The maximum atomic E-state index is 6.06. The van der Waals surface area contributed by atoms with Crippen molar-refractivity contribution in [2.45, 2.75) is 13.0 Å². The molecule has 0 aliphatic carbocycles. The van der Waals surface area contributed by atoms with Crippen LogP contribution in [0, 0.1) is 6.92 Å². The van der Waals surface area contributed by atoms with Gasteiger partial charge in [0.25, 0.3) is 0 Å². The number of rotatable bonds is 8. The zero-order chi connectivity index (χ0) is 23.9. The van der Waals surface area contributed by atoms with Crippen LogP contribution >= 0.6 is 0 Å². The van der Waals surface area contributed by atoms with E-state index in [1.165, 1.54) is 11.1 Å². The standard InChI is InChI=1S/C30H32N4O/c1-24-31-28(25-11-5-2-6-12-25)23-29(32-24)35-22-21-33-17-19-34(20-18-33)30(26-13-7-3-8-14-26)27-15-9-4-10-16-27/h2-16,23,30H,17-22H2,1H3. The lowest BCUT2D eigenvalue weighted by Crippen LogP contribution is -2.48. The van der Waals surface area contributed by atoms with Crippen molar-refractivity contribution < 1.29 is 4.74 Å². The van der Waals surface area contributed by atoms with Crippen LogP contribution in [0.25, 0.3) is 11.3 Å². The molecule has 0 N–H and O–H groups in total. The largest absolute Gasteiger partial charge is 0.476 e. The van der Waals surface area contributed by atoms with Crippen molar-refractivity contribution in [3.05, 3.63) is 114 Å². The minimum atomic E-state index is 0.288. The van der Waals surface area contributed by atoms with Crippen molar-refractivity contribution in [3.8, 4) is 17.1 Å². The minimum Gasteiger partial charge on any atom is -0.476 e. The van der Waals surface area contributed by atoms with Gasteiger partial charge in [-0.25, -0.2) is 4.98 Å². The minimum absolute atomic E-state index is 0.288. The van der Waals surface area contributed by atoms with E-state index in [0.29, 0.717) is 12.5 Å². The first-order valence-electron chi connectivity index (χ1n) is 12.4. The van der Waals surface area contributed by atoms with Crippen molar-refractivity contribution in [2.75, 3.05) is 39.3 Å². The molecule has 178 valence electrons. The molecule has 0 radical (unpaired) electrons. The summed E-state index contributed by atoms with van der Waals surface area (Å²) in [6.45, 7) is 7.52. The lowest BCUT2D eigenvalue weighted by atomic mass is 9.96. The van der Waals surface area contributed by atoms with Crippen LogP contribution in [-0.4, -0.2) is 59.1 Å². The van der Waals surface area contributed by atoms with Crippen molar-refractivity contribution >= 4 is 0 Å². The molecular formula is C30H32N4O. The molecule has 3 aromatic carbocycles. The summed E-state index contributed by atoms with van der Waals surface area (Å²) in [5.41, 5.74) is 4.67. The van der Waals surface area contributed by atoms with E-state index < -0.39 is 0 Å². The Morgan fingerprint density at radius 2 is 1.31 bits per heavy atom. The second kappa shape index (κ2) is 11.3. The topological polar surface area (TPSA) is 41.5 Å². The second-order valence-electron chi connectivity index (χ2n) is 8.95. The molecule has 0 unspecified atom stereocenters. The molecule has 35 heavy (non-hydrogen) atoms. The van der Waals surface area contributed by atoms with Gasteiger partial charge in [0.15, 0.2) is 0 Å². The first kappa shape index (κ1) is 23.2. The molecule has 5 nitrogen and oxygen atoms in total. The van der Waals surface area contributed by atoms with Crippen LogP contribution in [0.1, 0.15) is 23.0 Å². The number of ether oxygens (including phenoxy) is 1. The fraction of sp³-hybridized carbons (Fsp3) is 0.267. The van der Waals surface area contributed by atoms with Gasteiger partial charge in [-0.1, -0.05) is 91.0 Å². The van der Waals surface area contributed by atoms with Gasteiger partial charge in [0.05, 0.1) is 11.7 Å². The molecule has 2 heterocycles. The predicted octanol–water partition coefficient (Wildman–Crippen LogP) is 5.24. The van der Waals surface area contributed by atoms with E-state index in [1.807, 2.05) is 31.2 Å². The van der Waals surface area contributed by atoms with E-state index in [-0.39, 0.29) is 6.04 Å². The van der Waals surface area contributed by atoms with Crippen molar-refractivity contribution in [3.63, 3.8) is 0 Å². The Bertz CT molecular complexity index is 1150. The Hall–Kier alpha value is -3.54. The molecular weight excluding hydrogens is 432 g/mol. The van der Waals surface area contributed by atoms with E-state index in [9.17, 15) is 0 Å². The number of nitrogens with zero attached hydrogens (tertiary/aromatic N) is 4. The van der Waals surface area contributed by atoms with Crippen molar-refractivity contribution in [1.29, 1.82) is 0 Å². The summed E-state index contributed by atoms with van der Waals surface area (Å²) >= 11 is 0. The normalized spacial score (nSPS) is 14.8. The summed E-state index contributed by atoms with van der Waals surface area (Å²) in [7, 11) is 0. The highest BCUT2D eigenvalue weighted by Gasteiger charge is 2.26. The Morgan fingerprint density at radius 3 is 1.91 bits per heavy atom. The number of benzene rings is 3. The molecule has 1 aliphatic heterocycles. The highest BCUT2D eigenvalue weighted by molar-refractivity contribution is 5.59. The molecule has 0 saturated carbocycles. The number of aromatic nitrogens is 2. The Kier molecular flexibility index (Phi) is 7.47. The number of piperazine rings is 1. The van der Waals surface area contributed by atoms with E-state index >= 15 is 0 Å². The van der Waals surface area contributed by atoms with E-state index in [0.717, 1.165) is 49.8 Å². The van der Waals surface area contributed by atoms with Crippen molar-refractivity contribution in [2.24, 2.45) is 0 Å².